The van der Waals surface area contributed by atoms with Crippen LogP contribution in [0.15, 0.2) is 36.5 Å². The highest BCUT2D eigenvalue weighted by Crippen LogP contribution is 2.39. The minimum absolute atomic E-state index is 0.00197. The number of carbonyl (C=O) groups excluding carboxylic acids is 1. The fourth-order valence-corrected chi connectivity index (χ4v) is 7.20. The summed E-state index contributed by atoms with van der Waals surface area (Å²) >= 11 is 1.62. The van der Waals surface area contributed by atoms with Crippen LogP contribution >= 0.6 is 11.3 Å². The van der Waals surface area contributed by atoms with Crippen molar-refractivity contribution in [2.75, 3.05) is 7.11 Å². The molecule has 0 saturated carbocycles. The first-order valence-electron chi connectivity index (χ1n) is 13.5. The average molecular weight is 542 g/mol. The van der Waals surface area contributed by atoms with E-state index in [1.165, 1.54) is 0 Å². The van der Waals surface area contributed by atoms with Crippen molar-refractivity contribution in [3.8, 4) is 22.4 Å². The van der Waals surface area contributed by atoms with Gasteiger partial charge in [-0.15, -0.1) is 11.3 Å². The predicted octanol–water partition coefficient (Wildman–Crippen LogP) is 4.69. The van der Waals surface area contributed by atoms with Crippen LogP contribution in [0.3, 0.4) is 0 Å². The lowest BCUT2D eigenvalue weighted by atomic mass is 9.97. The van der Waals surface area contributed by atoms with Crippen LogP contribution in [0.1, 0.15) is 52.8 Å². The number of ether oxygens (including phenoxy) is 1. The summed E-state index contributed by atoms with van der Waals surface area (Å²) in [5.74, 6) is 0.573. The Labute approximate surface area is 230 Å². The lowest BCUT2D eigenvalue weighted by Crippen LogP contribution is -2.40. The molecule has 2 saturated heterocycles. The van der Waals surface area contributed by atoms with Crippen LogP contribution < -0.4 is 10.5 Å². The number of hydrogen-bond donors (Lipinski definition) is 1. The lowest BCUT2D eigenvalue weighted by Gasteiger charge is -2.23. The van der Waals surface area contributed by atoms with Gasteiger partial charge in [0.25, 0.3) is 5.91 Å². The van der Waals surface area contributed by atoms with Crippen molar-refractivity contribution in [2.24, 2.45) is 5.73 Å². The zero-order valence-corrected chi connectivity index (χ0v) is 23.3. The topological polar surface area (TPSA) is 104 Å². The smallest absolute Gasteiger partial charge is 0.254 e. The molecule has 9 nitrogen and oxygen atoms in total. The summed E-state index contributed by atoms with van der Waals surface area (Å²) in [6.07, 6.45) is 5.59. The first-order chi connectivity index (χ1) is 18.9. The summed E-state index contributed by atoms with van der Waals surface area (Å²) in [5.41, 5.74) is 12.1. The van der Waals surface area contributed by atoms with Gasteiger partial charge in [0, 0.05) is 51.9 Å². The van der Waals surface area contributed by atoms with E-state index in [0.717, 1.165) is 69.5 Å². The summed E-state index contributed by atoms with van der Waals surface area (Å²) in [4.78, 5) is 31.6. The molecule has 7 heterocycles. The molecule has 2 bridgehead atoms. The molecule has 2 N–H and O–H groups in total. The van der Waals surface area contributed by atoms with Crippen molar-refractivity contribution in [2.45, 2.75) is 64.6 Å². The highest BCUT2D eigenvalue weighted by Gasteiger charge is 2.47. The van der Waals surface area contributed by atoms with Gasteiger partial charge in [-0.3, -0.25) is 13.8 Å². The number of pyridine rings is 2. The third kappa shape index (κ3) is 3.61. The number of amides is 1. The highest BCUT2D eigenvalue weighted by atomic mass is 32.1. The van der Waals surface area contributed by atoms with Gasteiger partial charge < -0.3 is 15.4 Å². The standard InChI is InChI=1S/C29H31N7O2S/c1-5-19-7-6-17-10-23(36(27(17)32-19)29-31-14-15(2)39-29)26-16(3)34-24(33-26)11-18(12-25(34)38-4)28(37)35-20-8-9-22(35)21(30)13-20/h6-7,10-12,14,20-22H,5,8-9,13,30H2,1-4H3/t20-,21+,22+/m0/s1. The molecule has 1 amide bonds. The molecule has 2 aliphatic rings. The number of fused-ring (bicyclic) bond motifs is 4. The number of aromatic nitrogens is 5. The van der Waals surface area contributed by atoms with Crippen LogP contribution in [0.5, 0.6) is 5.88 Å². The number of methoxy groups -OCH3 is 1. The second kappa shape index (κ2) is 8.89. The van der Waals surface area contributed by atoms with Crippen LogP contribution in [0.4, 0.5) is 0 Å². The van der Waals surface area contributed by atoms with Crippen molar-refractivity contribution >= 4 is 33.9 Å². The van der Waals surface area contributed by atoms with Crippen molar-refractivity contribution in [1.82, 2.24) is 28.8 Å². The normalized spacial score (nSPS) is 20.5. The molecule has 0 radical (unpaired) electrons. The first-order valence-corrected chi connectivity index (χ1v) is 14.3. The van der Waals surface area contributed by atoms with Gasteiger partial charge in [-0.25, -0.2) is 15.0 Å². The number of carbonyl (C=O) groups is 1. The minimum atomic E-state index is 0.00197. The number of aryl methyl sites for hydroxylation is 3. The quantitative estimate of drug-likeness (QED) is 0.346. The van der Waals surface area contributed by atoms with Gasteiger partial charge in [-0.05, 0) is 63.8 Å². The second-order valence-corrected chi connectivity index (χ2v) is 11.8. The Bertz CT molecular complexity index is 1770. The molecule has 5 aromatic rings. The summed E-state index contributed by atoms with van der Waals surface area (Å²) in [6, 6.07) is 10.4. The van der Waals surface area contributed by atoms with E-state index in [2.05, 4.69) is 36.6 Å². The van der Waals surface area contributed by atoms with Crippen molar-refractivity contribution in [3.05, 3.63) is 58.4 Å². The minimum Gasteiger partial charge on any atom is -0.482 e. The van der Waals surface area contributed by atoms with E-state index in [1.807, 2.05) is 34.6 Å². The number of rotatable bonds is 5. The van der Waals surface area contributed by atoms with Gasteiger partial charge in [0.2, 0.25) is 0 Å². The molecule has 39 heavy (non-hydrogen) atoms. The molecular weight excluding hydrogens is 510 g/mol. The zero-order chi connectivity index (χ0) is 27.0. The van der Waals surface area contributed by atoms with Gasteiger partial charge in [-0.2, -0.15) is 0 Å². The second-order valence-electron chi connectivity index (χ2n) is 10.6. The van der Waals surface area contributed by atoms with Gasteiger partial charge in [-0.1, -0.05) is 6.92 Å². The molecule has 0 aromatic carbocycles. The first kappa shape index (κ1) is 24.3. The van der Waals surface area contributed by atoms with Crippen LogP contribution in [-0.4, -0.2) is 60.0 Å². The summed E-state index contributed by atoms with van der Waals surface area (Å²) in [6.45, 7) is 6.18. The Balaban J connectivity index is 1.41. The van der Waals surface area contributed by atoms with Crippen LogP contribution in [-0.2, 0) is 6.42 Å². The molecule has 200 valence electrons. The van der Waals surface area contributed by atoms with E-state index in [0.29, 0.717) is 17.1 Å². The van der Waals surface area contributed by atoms with Gasteiger partial charge in [0.1, 0.15) is 17.0 Å². The maximum Gasteiger partial charge on any atom is 0.254 e. The van der Waals surface area contributed by atoms with Gasteiger partial charge >= 0.3 is 0 Å². The third-order valence-electron chi connectivity index (χ3n) is 8.31. The average Bonchev–Trinajstić information content (AvgIpc) is 3.75. The maximum atomic E-state index is 13.7. The van der Waals surface area contributed by atoms with Gasteiger partial charge in [0.15, 0.2) is 11.0 Å². The van der Waals surface area contributed by atoms with E-state index in [4.69, 9.17) is 25.4 Å². The van der Waals surface area contributed by atoms with Crippen molar-refractivity contribution in [1.29, 1.82) is 0 Å². The van der Waals surface area contributed by atoms with Crippen LogP contribution in [0.25, 0.3) is 33.2 Å². The molecule has 2 aliphatic heterocycles. The molecule has 0 unspecified atom stereocenters. The molecule has 10 heteroatoms. The van der Waals surface area contributed by atoms with Crippen LogP contribution in [0.2, 0.25) is 0 Å². The summed E-state index contributed by atoms with van der Waals surface area (Å²) < 4.78 is 9.88. The Kier molecular flexibility index (Phi) is 5.54. The van der Waals surface area contributed by atoms with E-state index in [9.17, 15) is 4.79 Å². The molecule has 0 spiro atoms. The fourth-order valence-electron chi connectivity index (χ4n) is 6.42. The molecular formula is C29H31N7O2S. The maximum absolute atomic E-state index is 13.7. The van der Waals surface area contributed by atoms with Crippen molar-refractivity contribution in [3.63, 3.8) is 0 Å². The monoisotopic (exact) mass is 541 g/mol. The Morgan fingerprint density at radius 3 is 2.69 bits per heavy atom. The highest BCUT2D eigenvalue weighted by molar-refractivity contribution is 7.14. The molecule has 5 aromatic heterocycles. The molecule has 7 rings (SSSR count). The zero-order valence-electron chi connectivity index (χ0n) is 22.5. The van der Waals surface area contributed by atoms with E-state index >= 15 is 0 Å². The third-order valence-corrected chi connectivity index (χ3v) is 9.20. The molecule has 2 fully saturated rings. The van der Waals surface area contributed by atoms with E-state index < -0.39 is 0 Å². The SMILES string of the molecule is CCc1ccc2cc(-c3nc4cc(C(=O)N5[C@H]6CC[C@@H]5[C@H](N)C6)cc(OC)n4c3C)n(-c3ncc(C)s3)c2n1. The Morgan fingerprint density at radius 2 is 2.03 bits per heavy atom. The number of nitrogens with zero attached hydrogens (tertiary/aromatic N) is 6. The largest absolute Gasteiger partial charge is 0.482 e. The van der Waals surface area contributed by atoms with Crippen molar-refractivity contribution < 1.29 is 9.53 Å². The molecule has 3 atom stereocenters. The number of thiazole rings is 1. The van der Waals surface area contributed by atoms with E-state index in [-0.39, 0.29) is 24.0 Å². The lowest BCUT2D eigenvalue weighted by molar-refractivity contribution is 0.0726. The Hall–Kier alpha value is -3.76. The predicted molar refractivity (Wildman–Crippen MR) is 152 cm³/mol. The number of hydrogen-bond acceptors (Lipinski definition) is 7. The number of imidazole rings is 1. The Morgan fingerprint density at radius 1 is 1.18 bits per heavy atom. The summed E-state index contributed by atoms with van der Waals surface area (Å²) in [7, 11) is 1.63. The molecule has 0 aliphatic carbocycles. The fraction of sp³-hybridized carbons (Fsp3) is 0.379. The summed E-state index contributed by atoms with van der Waals surface area (Å²) in [5, 5.41) is 1.87. The number of nitrogens with two attached hydrogens (primary N) is 1. The van der Waals surface area contributed by atoms with Crippen LogP contribution in [0, 0.1) is 13.8 Å². The van der Waals surface area contributed by atoms with E-state index in [1.54, 1.807) is 18.4 Å². The van der Waals surface area contributed by atoms with Gasteiger partial charge in [0.05, 0.1) is 18.5 Å².